The van der Waals surface area contributed by atoms with Gasteiger partial charge in [0.15, 0.2) is 0 Å². The van der Waals surface area contributed by atoms with Gasteiger partial charge in [-0.15, -0.1) is 0 Å². The number of carbonyl (C=O) groups excluding carboxylic acids is 2. The summed E-state index contributed by atoms with van der Waals surface area (Å²) in [6, 6.07) is 9.65. The topological polar surface area (TPSA) is 52.7 Å². The Morgan fingerprint density at radius 1 is 0.968 bits per heavy atom. The fraction of sp³-hybridized carbons (Fsp3) is 0.364. The number of fused-ring (bicyclic) bond motifs is 1. The van der Waals surface area contributed by atoms with E-state index in [0.29, 0.717) is 38.2 Å². The number of piperazine rings is 1. The normalized spacial score (nSPS) is 21.6. The van der Waals surface area contributed by atoms with Gasteiger partial charge in [-0.2, -0.15) is 13.2 Å². The zero-order chi connectivity index (χ0) is 22.2. The molecule has 2 aliphatic rings. The summed E-state index contributed by atoms with van der Waals surface area (Å²) < 4.78 is 51.9. The Bertz CT molecular complexity index is 977. The van der Waals surface area contributed by atoms with Crippen molar-refractivity contribution in [3.05, 3.63) is 71.0 Å². The van der Waals surface area contributed by atoms with Crippen molar-refractivity contribution in [1.29, 1.82) is 0 Å². The summed E-state index contributed by atoms with van der Waals surface area (Å²) in [6.45, 7) is 2.00. The smallest absolute Gasteiger partial charge is 0.348 e. The quantitative estimate of drug-likeness (QED) is 0.754. The summed E-state index contributed by atoms with van der Waals surface area (Å²) in [5, 5.41) is 2.94. The van der Waals surface area contributed by atoms with Gasteiger partial charge in [-0.1, -0.05) is 6.07 Å². The van der Waals surface area contributed by atoms with Crippen molar-refractivity contribution < 1.29 is 27.2 Å². The van der Waals surface area contributed by atoms with Crippen molar-refractivity contribution in [2.75, 3.05) is 26.2 Å². The number of amides is 2. The van der Waals surface area contributed by atoms with Crippen molar-refractivity contribution in [2.45, 2.75) is 24.7 Å². The van der Waals surface area contributed by atoms with E-state index in [0.717, 1.165) is 12.1 Å². The van der Waals surface area contributed by atoms with Crippen LogP contribution in [-0.4, -0.2) is 59.9 Å². The van der Waals surface area contributed by atoms with Gasteiger partial charge in [-0.3, -0.25) is 14.5 Å². The third-order valence-electron chi connectivity index (χ3n) is 5.78. The van der Waals surface area contributed by atoms with Crippen LogP contribution < -0.4 is 5.32 Å². The third kappa shape index (κ3) is 4.71. The lowest BCUT2D eigenvalue weighted by Gasteiger charge is -2.37. The lowest BCUT2D eigenvalue weighted by atomic mass is 10.1. The number of rotatable bonds is 3. The molecular weight excluding hydrogens is 414 g/mol. The van der Waals surface area contributed by atoms with E-state index < -0.39 is 23.5 Å². The Hall–Kier alpha value is -2.94. The van der Waals surface area contributed by atoms with Crippen LogP contribution in [0, 0.1) is 5.82 Å². The molecule has 2 aliphatic heterocycles. The first-order chi connectivity index (χ1) is 14.7. The predicted molar refractivity (Wildman–Crippen MR) is 105 cm³/mol. The van der Waals surface area contributed by atoms with Crippen LogP contribution in [0.25, 0.3) is 0 Å². The minimum Gasteiger partial charge on any atom is -0.348 e. The first-order valence-corrected chi connectivity index (χ1v) is 9.98. The molecule has 164 valence electrons. The van der Waals surface area contributed by atoms with Gasteiger partial charge in [0.1, 0.15) is 5.82 Å². The summed E-state index contributed by atoms with van der Waals surface area (Å²) in [6.07, 6.45) is -3.88. The molecule has 0 bridgehead atoms. The van der Waals surface area contributed by atoms with Gasteiger partial charge in [0.2, 0.25) is 0 Å². The Morgan fingerprint density at radius 3 is 2.42 bits per heavy atom. The molecule has 0 aliphatic carbocycles. The minimum absolute atomic E-state index is 0.0158. The number of nitrogens with one attached hydrogen (secondary N) is 1. The third-order valence-corrected chi connectivity index (χ3v) is 5.78. The number of nitrogens with zero attached hydrogens (tertiary/aromatic N) is 2. The van der Waals surface area contributed by atoms with Crippen molar-refractivity contribution in [2.24, 2.45) is 0 Å². The highest BCUT2D eigenvalue weighted by atomic mass is 19.4. The van der Waals surface area contributed by atoms with Crippen molar-refractivity contribution >= 4 is 11.8 Å². The number of halogens is 4. The maximum Gasteiger partial charge on any atom is 0.416 e. The van der Waals surface area contributed by atoms with Crippen LogP contribution in [0.15, 0.2) is 48.5 Å². The molecule has 0 spiro atoms. The number of hydrogen-bond acceptors (Lipinski definition) is 3. The van der Waals surface area contributed by atoms with Gasteiger partial charge in [-0.25, -0.2) is 4.39 Å². The number of alkyl halides is 3. The zero-order valence-electron chi connectivity index (χ0n) is 16.5. The number of hydrogen-bond donors (Lipinski definition) is 1. The summed E-state index contributed by atoms with van der Waals surface area (Å²) in [4.78, 5) is 28.9. The summed E-state index contributed by atoms with van der Waals surface area (Å²) >= 11 is 0. The van der Waals surface area contributed by atoms with Gasteiger partial charge in [0.05, 0.1) is 5.56 Å². The maximum atomic E-state index is 13.0. The van der Waals surface area contributed by atoms with Crippen LogP contribution in [0.5, 0.6) is 0 Å². The van der Waals surface area contributed by atoms with E-state index in [4.69, 9.17) is 0 Å². The molecule has 31 heavy (non-hydrogen) atoms. The van der Waals surface area contributed by atoms with Crippen LogP contribution in [0.2, 0.25) is 0 Å². The van der Waals surface area contributed by atoms with E-state index in [1.807, 2.05) is 0 Å². The first kappa shape index (κ1) is 21.3. The summed E-state index contributed by atoms with van der Waals surface area (Å²) in [5.74, 6) is -1.13. The largest absolute Gasteiger partial charge is 0.416 e. The molecule has 2 aromatic carbocycles. The summed E-state index contributed by atoms with van der Waals surface area (Å²) in [5.41, 5.74) is -0.462. The number of benzene rings is 2. The number of carbonyl (C=O) groups is 2. The van der Waals surface area contributed by atoms with Crippen LogP contribution in [-0.2, 0) is 6.18 Å². The second-order valence-corrected chi connectivity index (χ2v) is 7.89. The highest BCUT2D eigenvalue weighted by molar-refractivity contribution is 5.95. The molecule has 0 saturated carbocycles. The monoisotopic (exact) mass is 435 g/mol. The lowest BCUT2D eigenvalue weighted by Crippen LogP contribution is -2.52. The Labute approximate surface area is 176 Å². The van der Waals surface area contributed by atoms with Gasteiger partial charge in [0.25, 0.3) is 11.8 Å². The molecule has 9 heteroatoms. The van der Waals surface area contributed by atoms with E-state index >= 15 is 0 Å². The molecule has 4 rings (SSSR count). The fourth-order valence-corrected chi connectivity index (χ4v) is 4.21. The highest BCUT2D eigenvalue weighted by Crippen LogP contribution is 2.30. The van der Waals surface area contributed by atoms with Crippen molar-refractivity contribution in [1.82, 2.24) is 15.1 Å². The maximum absolute atomic E-state index is 13.0. The second kappa shape index (κ2) is 8.30. The molecule has 0 aromatic heterocycles. The predicted octanol–water partition coefficient (Wildman–Crippen LogP) is 3.17. The van der Waals surface area contributed by atoms with Gasteiger partial charge in [0, 0.05) is 49.4 Å². The molecule has 2 aromatic rings. The molecular formula is C22H21F4N3O2. The Balaban J connectivity index is 1.37. The average Bonchev–Trinajstić information content (AvgIpc) is 3.14. The van der Waals surface area contributed by atoms with E-state index in [1.165, 1.54) is 36.4 Å². The first-order valence-electron chi connectivity index (χ1n) is 9.98. The molecule has 1 N–H and O–H groups in total. The van der Waals surface area contributed by atoms with E-state index in [1.54, 1.807) is 4.90 Å². The zero-order valence-corrected chi connectivity index (χ0v) is 16.5. The molecule has 2 fully saturated rings. The van der Waals surface area contributed by atoms with E-state index in [9.17, 15) is 27.2 Å². The summed E-state index contributed by atoms with van der Waals surface area (Å²) in [7, 11) is 0. The molecule has 0 radical (unpaired) electrons. The molecule has 2 saturated heterocycles. The Kier molecular flexibility index (Phi) is 5.70. The van der Waals surface area contributed by atoms with Crippen molar-refractivity contribution in [3.8, 4) is 0 Å². The Morgan fingerprint density at radius 2 is 1.71 bits per heavy atom. The SMILES string of the molecule is O=C(NC1CC2CN(C(=O)c3cccc(C(F)(F)F)c3)CCN2C1)c1ccc(F)cc1. The lowest BCUT2D eigenvalue weighted by molar-refractivity contribution is -0.137. The van der Waals surface area contributed by atoms with E-state index in [-0.39, 0.29) is 23.6 Å². The van der Waals surface area contributed by atoms with Crippen LogP contribution >= 0.6 is 0 Å². The van der Waals surface area contributed by atoms with Crippen LogP contribution in [0.1, 0.15) is 32.7 Å². The molecule has 5 nitrogen and oxygen atoms in total. The van der Waals surface area contributed by atoms with Crippen LogP contribution in [0.3, 0.4) is 0 Å². The highest BCUT2D eigenvalue weighted by Gasteiger charge is 2.38. The second-order valence-electron chi connectivity index (χ2n) is 7.89. The van der Waals surface area contributed by atoms with Gasteiger partial charge in [-0.05, 0) is 48.9 Å². The van der Waals surface area contributed by atoms with Crippen molar-refractivity contribution in [3.63, 3.8) is 0 Å². The van der Waals surface area contributed by atoms with Gasteiger partial charge < -0.3 is 10.2 Å². The molecule has 2 amide bonds. The van der Waals surface area contributed by atoms with Gasteiger partial charge >= 0.3 is 6.18 Å². The van der Waals surface area contributed by atoms with E-state index in [2.05, 4.69) is 10.2 Å². The standard InChI is InChI=1S/C22H21F4N3O2/c23-17-6-4-14(5-7-17)20(30)27-18-11-19-13-29(9-8-28(19)12-18)21(31)15-2-1-3-16(10-15)22(24,25)26/h1-7,10,18-19H,8-9,11-13H2,(H,27,30). The molecule has 2 unspecified atom stereocenters. The molecule has 2 atom stereocenters. The average molecular weight is 435 g/mol. The van der Waals surface area contributed by atoms with Crippen LogP contribution in [0.4, 0.5) is 17.6 Å². The molecule has 2 heterocycles. The minimum atomic E-state index is -4.50. The fourth-order valence-electron chi connectivity index (χ4n) is 4.21.